The maximum atomic E-state index is 13.9. The largest absolute Gasteiger partial charge is 0.480 e. The van der Waals surface area contributed by atoms with E-state index >= 15 is 0 Å². The van der Waals surface area contributed by atoms with E-state index in [-0.39, 0.29) is 62.5 Å². The summed E-state index contributed by atoms with van der Waals surface area (Å²) in [5.74, 6) is 0.00457. The monoisotopic (exact) mass is 662 g/mol. The first-order valence-corrected chi connectivity index (χ1v) is 18.4. The normalized spacial score (nSPS) is 40.1. The van der Waals surface area contributed by atoms with Gasteiger partial charge in [0.15, 0.2) is 0 Å². The molecule has 8 heteroatoms. The van der Waals surface area contributed by atoms with Crippen LogP contribution < -0.4 is 5.32 Å². The summed E-state index contributed by atoms with van der Waals surface area (Å²) >= 11 is 0. The van der Waals surface area contributed by atoms with Crippen molar-refractivity contribution in [3.8, 4) is 0 Å². The summed E-state index contributed by atoms with van der Waals surface area (Å²) in [7, 11) is 0. The molecule has 5 aliphatic rings. The maximum absolute atomic E-state index is 13.9. The molecule has 3 N–H and O–H groups in total. The van der Waals surface area contributed by atoms with Crippen LogP contribution in [0.3, 0.4) is 0 Å². The van der Waals surface area contributed by atoms with E-state index in [9.17, 15) is 29.9 Å². The van der Waals surface area contributed by atoms with E-state index in [0.29, 0.717) is 23.8 Å². The molecule has 0 saturated heterocycles. The van der Waals surface area contributed by atoms with Crippen LogP contribution in [-0.4, -0.2) is 39.2 Å². The SMILES string of the molecule is CC1(C)CC[C@]2(CC(=O)NC(Cc3ccc([N+](=O)[O-])cc3)C(=O)O)CC[C@]3(C)C(=CC[C@@H]4[C@@]5(C)CC[C@H](O)C(C)(C)[C@@H]5CC[C@]43C)[C@@H]2C1. The lowest BCUT2D eigenvalue weighted by molar-refractivity contribution is -0.384. The number of amides is 1. The van der Waals surface area contributed by atoms with Crippen LogP contribution in [-0.2, 0) is 16.0 Å². The number of allylic oxidation sites excluding steroid dienone is 2. The van der Waals surface area contributed by atoms with Crippen molar-refractivity contribution in [2.75, 3.05) is 0 Å². The van der Waals surface area contributed by atoms with Gasteiger partial charge in [0, 0.05) is 25.0 Å². The van der Waals surface area contributed by atoms with Gasteiger partial charge >= 0.3 is 5.97 Å². The van der Waals surface area contributed by atoms with Gasteiger partial charge in [0.25, 0.3) is 5.69 Å². The number of rotatable bonds is 7. The Hall–Kier alpha value is -2.74. The van der Waals surface area contributed by atoms with Crippen LogP contribution in [0.2, 0.25) is 0 Å². The van der Waals surface area contributed by atoms with E-state index in [1.54, 1.807) is 17.7 Å². The van der Waals surface area contributed by atoms with Crippen LogP contribution in [0.25, 0.3) is 0 Å². The zero-order chi connectivity index (χ0) is 35.1. The molecular weight excluding hydrogens is 604 g/mol. The second-order valence-corrected chi connectivity index (χ2v) is 18.7. The number of nitrogens with zero attached hydrogens (tertiary/aromatic N) is 1. The summed E-state index contributed by atoms with van der Waals surface area (Å²) in [5, 5.41) is 35.1. The standard InChI is InChI=1S/C40H58N2O6/c1-35(2)18-20-40(24-33(44)41-29(34(45)46)22-25-8-10-26(11-9-25)42(47)48)21-19-38(6)27(28(40)23-35)12-13-31-37(5)16-15-32(43)36(3,4)30(37)14-17-39(31,38)7/h8-12,28-32,43H,13-24H2,1-7H3,(H,41,44)(H,45,46)/t28-,29?,30-,31+,32-,37-,38+,39+,40+/m0/s1. The third kappa shape index (κ3) is 5.43. The van der Waals surface area contributed by atoms with Crippen molar-refractivity contribution >= 4 is 17.6 Å². The topological polar surface area (TPSA) is 130 Å². The van der Waals surface area contributed by atoms with Crippen LogP contribution in [0, 0.1) is 60.4 Å². The molecule has 8 nitrogen and oxygen atoms in total. The predicted molar refractivity (Wildman–Crippen MR) is 186 cm³/mol. The smallest absolute Gasteiger partial charge is 0.326 e. The molecule has 0 bridgehead atoms. The molecule has 5 aliphatic carbocycles. The first kappa shape index (κ1) is 35.1. The molecule has 0 radical (unpaired) electrons. The van der Waals surface area contributed by atoms with Gasteiger partial charge in [0.05, 0.1) is 11.0 Å². The van der Waals surface area contributed by atoms with Crippen LogP contribution in [0.5, 0.6) is 0 Å². The molecule has 4 fully saturated rings. The fourth-order valence-corrected chi connectivity index (χ4v) is 12.4. The minimum absolute atomic E-state index is 0.0295. The van der Waals surface area contributed by atoms with Crippen molar-refractivity contribution < 1.29 is 24.7 Å². The van der Waals surface area contributed by atoms with Crippen LogP contribution >= 0.6 is 0 Å². The van der Waals surface area contributed by atoms with Gasteiger partial charge in [-0.1, -0.05) is 72.2 Å². The fourth-order valence-electron chi connectivity index (χ4n) is 12.4. The van der Waals surface area contributed by atoms with Gasteiger partial charge in [0.1, 0.15) is 6.04 Å². The number of hydrogen-bond donors (Lipinski definition) is 3. The molecule has 0 aliphatic heterocycles. The molecule has 4 saturated carbocycles. The number of carboxylic acid groups (broad SMARTS) is 1. The first-order valence-electron chi connectivity index (χ1n) is 18.4. The third-order valence-electron chi connectivity index (χ3n) is 15.5. The van der Waals surface area contributed by atoms with Crippen molar-refractivity contribution in [1.29, 1.82) is 0 Å². The zero-order valence-corrected chi connectivity index (χ0v) is 30.2. The number of nitro benzene ring substituents is 1. The Morgan fingerprint density at radius 1 is 0.938 bits per heavy atom. The van der Waals surface area contributed by atoms with Gasteiger partial charge in [-0.2, -0.15) is 0 Å². The first-order chi connectivity index (χ1) is 22.3. The maximum Gasteiger partial charge on any atom is 0.326 e. The van der Waals surface area contributed by atoms with Gasteiger partial charge in [-0.3, -0.25) is 14.9 Å². The van der Waals surface area contributed by atoms with E-state index in [1.807, 2.05) is 0 Å². The van der Waals surface area contributed by atoms with Gasteiger partial charge in [-0.25, -0.2) is 4.79 Å². The second-order valence-electron chi connectivity index (χ2n) is 18.7. The number of carboxylic acids is 1. The Balaban J connectivity index is 1.27. The number of carbonyl (C=O) groups excluding carboxylic acids is 1. The Bertz CT molecular complexity index is 1500. The van der Waals surface area contributed by atoms with Crippen molar-refractivity contribution in [3.63, 3.8) is 0 Å². The Kier molecular flexibility index (Phi) is 8.53. The highest BCUT2D eigenvalue weighted by atomic mass is 16.6. The number of hydrogen-bond acceptors (Lipinski definition) is 5. The zero-order valence-electron chi connectivity index (χ0n) is 30.2. The molecular formula is C40H58N2O6. The summed E-state index contributed by atoms with van der Waals surface area (Å²) < 4.78 is 0. The molecule has 1 aromatic carbocycles. The second kappa shape index (κ2) is 11.7. The van der Waals surface area contributed by atoms with Gasteiger partial charge < -0.3 is 15.5 Å². The minimum atomic E-state index is -1.11. The third-order valence-corrected chi connectivity index (χ3v) is 15.5. The van der Waals surface area contributed by atoms with Crippen molar-refractivity contribution in [1.82, 2.24) is 5.32 Å². The Morgan fingerprint density at radius 3 is 2.25 bits per heavy atom. The van der Waals surface area contributed by atoms with Crippen LogP contribution in [0.4, 0.5) is 5.69 Å². The van der Waals surface area contributed by atoms with Gasteiger partial charge in [-0.15, -0.1) is 0 Å². The number of aliphatic hydroxyl groups excluding tert-OH is 1. The van der Waals surface area contributed by atoms with Crippen LogP contribution in [0.1, 0.15) is 125 Å². The summed E-state index contributed by atoms with van der Waals surface area (Å²) in [5.41, 5.74) is 2.35. The number of benzene rings is 1. The molecule has 1 aromatic rings. The Labute approximate surface area is 286 Å². The number of aliphatic hydroxyl groups is 1. The molecule has 9 atom stereocenters. The summed E-state index contributed by atoms with van der Waals surface area (Å²) in [6.45, 7) is 17.0. The number of carbonyl (C=O) groups is 2. The van der Waals surface area contributed by atoms with E-state index < -0.39 is 16.9 Å². The molecule has 48 heavy (non-hydrogen) atoms. The number of nitro groups is 1. The van der Waals surface area contributed by atoms with Gasteiger partial charge in [0.2, 0.25) is 5.91 Å². The molecule has 264 valence electrons. The van der Waals surface area contributed by atoms with Crippen molar-refractivity contribution in [2.24, 2.45) is 50.2 Å². The fraction of sp³-hybridized carbons (Fsp3) is 0.750. The highest BCUT2D eigenvalue weighted by Gasteiger charge is 2.68. The molecule has 0 spiro atoms. The van der Waals surface area contributed by atoms with E-state index in [0.717, 1.165) is 64.2 Å². The minimum Gasteiger partial charge on any atom is -0.480 e. The number of fused-ring (bicyclic) bond motifs is 7. The summed E-state index contributed by atoms with van der Waals surface area (Å²) in [4.78, 5) is 36.8. The Morgan fingerprint density at radius 2 is 1.60 bits per heavy atom. The highest BCUT2D eigenvalue weighted by Crippen LogP contribution is 2.76. The average molecular weight is 663 g/mol. The van der Waals surface area contributed by atoms with Crippen LogP contribution in [0.15, 0.2) is 35.9 Å². The van der Waals surface area contributed by atoms with Crippen molar-refractivity contribution in [3.05, 3.63) is 51.6 Å². The summed E-state index contributed by atoms with van der Waals surface area (Å²) in [6.07, 6.45) is 13.1. The number of aliphatic carboxylic acids is 1. The molecule has 1 unspecified atom stereocenters. The molecule has 6 rings (SSSR count). The quantitative estimate of drug-likeness (QED) is 0.153. The van der Waals surface area contributed by atoms with E-state index in [4.69, 9.17) is 0 Å². The van der Waals surface area contributed by atoms with Crippen molar-refractivity contribution in [2.45, 2.75) is 138 Å². The predicted octanol–water partition coefficient (Wildman–Crippen LogP) is 8.26. The van der Waals surface area contributed by atoms with E-state index in [2.05, 4.69) is 59.9 Å². The number of nitrogens with one attached hydrogen (secondary N) is 1. The lowest BCUT2D eigenvalue weighted by Gasteiger charge is -2.71. The number of non-ortho nitro benzene ring substituents is 1. The molecule has 0 aromatic heterocycles. The lowest BCUT2D eigenvalue weighted by atomic mass is 9.33. The van der Waals surface area contributed by atoms with E-state index in [1.165, 1.54) is 12.1 Å². The lowest BCUT2D eigenvalue weighted by Crippen LogP contribution is -2.64. The highest BCUT2D eigenvalue weighted by molar-refractivity contribution is 5.84. The van der Waals surface area contributed by atoms with Gasteiger partial charge in [-0.05, 0) is 120 Å². The molecule has 1 amide bonds. The molecule has 0 heterocycles. The average Bonchev–Trinajstić information content (AvgIpc) is 3.00. The summed E-state index contributed by atoms with van der Waals surface area (Å²) in [6, 6.07) is 4.76.